The summed E-state index contributed by atoms with van der Waals surface area (Å²) >= 11 is 1.44. The van der Waals surface area contributed by atoms with Crippen LogP contribution < -0.4 is 9.47 Å². The van der Waals surface area contributed by atoms with Gasteiger partial charge in [-0.2, -0.15) is 10.2 Å². The lowest BCUT2D eigenvalue weighted by Crippen LogP contribution is -2.44. The van der Waals surface area contributed by atoms with Gasteiger partial charge in [0.25, 0.3) is 0 Å². The Kier molecular flexibility index (Phi) is 10.1. The Morgan fingerprint density at radius 1 is 1.15 bits per heavy atom. The molecule has 0 aliphatic carbocycles. The average molecular weight is 739 g/mol. The highest BCUT2D eigenvalue weighted by Gasteiger charge is 2.34. The van der Waals surface area contributed by atoms with Crippen LogP contribution in [-0.2, 0) is 24.9 Å². The van der Waals surface area contributed by atoms with Gasteiger partial charge in [0.1, 0.15) is 29.7 Å². The van der Waals surface area contributed by atoms with Gasteiger partial charge in [-0.05, 0) is 49.1 Å². The standard InChI is InChI=1S/C38H34F2N6O4S.C2H6/c1-4-33(48)45-20-24-16-30(43-46(24)18-21(45)2)25-7-11-50-32-15-23(39)14-28(40)34(32)35-37(25)41-36(26-8-12-51-38(26)35)27-13-22-19-44(3)42-29(22)17-31(27)49-10-6-5-9-47;1-2/h4-6,8,12-17,19,21,25,47H,1,7,9-11,18,20H2,2-3H3;1-2H3/b6-5+;. The number of benzene rings is 2. The van der Waals surface area contributed by atoms with Gasteiger partial charge in [0.15, 0.2) is 0 Å². The van der Waals surface area contributed by atoms with E-state index < -0.39 is 17.6 Å². The zero-order valence-corrected chi connectivity index (χ0v) is 30.8. The van der Waals surface area contributed by atoms with Crippen molar-refractivity contribution in [2.24, 2.45) is 7.05 Å². The fourth-order valence-corrected chi connectivity index (χ4v) is 8.10. The van der Waals surface area contributed by atoms with Crippen LogP contribution in [0.2, 0.25) is 0 Å². The number of aryl methyl sites for hydroxylation is 1. The maximum absolute atomic E-state index is 16.1. The summed E-state index contributed by atoms with van der Waals surface area (Å²) in [7, 11) is 1.85. The van der Waals surface area contributed by atoms with Crippen molar-refractivity contribution in [2.45, 2.75) is 52.2 Å². The molecular formula is C40H40F2N6O4S. The molecule has 2 atom stereocenters. The lowest BCUT2D eigenvalue weighted by atomic mass is 9.87. The molecule has 2 aromatic carbocycles. The second-order valence-electron chi connectivity index (χ2n) is 12.8. The minimum absolute atomic E-state index is 0.0944. The summed E-state index contributed by atoms with van der Waals surface area (Å²) in [5, 5.41) is 22.5. The van der Waals surface area contributed by atoms with Crippen LogP contribution in [-0.4, -0.2) is 66.3 Å². The van der Waals surface area contributed by atoms with Gasteiger partial charge in [-0.3, -0.25) is 19.1 Å². The van der Waals surface area contributed by atoms with Crippen molar-refractivity contribution in [1.29, 1.82) is 0 Å². The number of ether oxygens (including phenoxy) is 2. The number of hydrogen-bond acceptors (Lipinski definition) is 8. The molecule has 2 aliphatic rings. The van der Waals surface area contributed by atoms with E-state index in [1.807, 2.05) is 68.3 Å². The third kappa shape index (κ3) is 6.59. The normalized spacial score (nSPS) is 16.6. The van der Waals surface area contributed by atoms with Crippen molar-refractivity contribution < 1.29 is 28.2 Å². The number of aromatic nitrogens is 5. The smallest absolute Gasteiger partial charge is 0.246 e. The SMILES string of the molecule is C=CC(=O)N1Cc2cc(C3CCOc4cc(F)cc(F)c4-c4c3nc(-c3cc5cn(C)nc5cc3OC/C=C/CO)c3ccsc43)nn2CC1C.CC. The largest absolute Gasteiger partial charge is 0.493 e. The molecule has 6 aromatic rings. The number of rotatable bonds is 7. The molecule has 2 unspecified atom stereocenters. The van der Waals surface area contributed by atoms with Gasteiger partial charge in [-0.25, -0.2) is 8.78 Å². The molecule has 0 radical (unpaired) electrons. The molecule has 1 N–H and O–H groups in total. The Hall–Kier alpha value is -5.40. The summed E-state index contributed by atoms with van der Waals surface area (Å²) in [6.07, 6.45) is 7.01. The molecule has 0 fully saturated rings. The number of fused-ring (bicyclic) bond motifs is 7. The predicted molar refractivity (Wildman–Crippen MR) is 202 cm³/mol. The van der Waals surface area contributed by atoms with Crippen molar-refractivity contribution in [3.8, 4) is 33.9 Å². The highest BCUT2D eigenvalue weighted by Crippen LogP contribution is 2.50. The zero-order valence-electron chi connectivity index (χ0n) is 30.0. The molecule has 10 nitrogen and oxygen atoms in total. The minimum atomic E-state index is -0.746. The van der Waals surface area contributed by atoms with Crippen molar-refractivity contribution in [1.82, 2.24) is 29.4 Å². The van der Waals surface area contributed by atoms with E-state index in [1.165, 1.54) is 23.5 Å². The van der Waals surface area contributed by atoms with Gasteiger partial charge < -0.3 is 19.5 Å². The first kappa shape index (κ1) is 36.0. The molecule has 0 bridgehead atoms. The maximum Gasteiger partial charge on any atom is 0.246 e. The number of nitrogens with zero attached hydrogens (tertiary/aromatic N) is 6. The van der Waals surface area contributed by atoms with Gasteiger partial charge in [-0.1, -0.05) is 26.5 Å². The molecule has 0 spiro atoms. The monoisotopic (exact) mass is 738 g/mol. The summed E-state index contributed by atoms with van der Waals surface area (Å²) < 4.78 is 47.5. The Balaban J connectivity index is 0.00000214. The maximum atomic E-state index is 16.1. The first-order valence-electron chi connectivity index (χ1n) is 17.6. The van der Waals surface area contributed by atoms with Crippen LogP contribution in [0.3, 0.4) is 0 Å². The molecule has 8 rings (SSSR count). The summed E-state index contributed by atoms with van der Waals surface area (Å²) in [6, 6.07) is 9.80. The quantitative estimate of drug-likeness (QED) is 0.132. The lowest BCUT2D eigenvalue weighted by molar-refractivity contribution is -0.129. The van der Waals surface area contributed by atoms with E-state index in [2.05, 4.69) is 11.7 Å². The van der Waals surface area contributed by atoms with Crippen LogP contribution in [0.4, 0.5) is 8.78 Å². The zero-order chi connectivity index (χ0) is 37.4. The van der Waals surface area contributed by atoms with Gasteiger partial charge in [0.2, 0.25) is 5.91 Å². The first-order chi connectivity index (χ1) is 25.7. The first-order valence-corrected chi connectivity index (χ1v) is 18.5. The number of halogens is 2. The second kappa shape index (κ2) is 14.9. The Morgan fingerprint density at radius 2 is 1.98 bits per heavy atom. The molecule has 13 heteroatoms. The van der Waals surface area contributed by atoms with Crippen LogP contribution in [0.25, 0.3) is 43.4 Å². The second-order valence-corrected chi connectivity index (χ2v) is 13.7. The molecule has 53 heavy (non-hydrogen) atoms. The van der Waals surface area contributed by atoms with Crippen LogP contribution >= 0.6 is 11.3 Å². The van der Waals surface area contributed by atoms with Gasteiger partial charge in [0.05, 0.1) is 60.2 Å². The molecule has 274 valence electrons. The average Bonchev–Trinajstić information content (AvgIpc) is 3.88. The van der Waals surface area contributed by atoms with Crippen LogP contribution in [0.15, 0.2) is 72.8 Å². The Bertz CT molecular complexity index is 2380. The van der Waals surface area contributed by atoms with E-state index in [9.17, 15) is 14.3 Å². The van der Waals surface area contributed by atoms with E-state index in [-0.39, 0.29) is 43.1 Å². The van der Waals surface area contributed by atoms with Crippen molar-refractivity contribution in [3.63, 3.8) is 0 Å². The van der Waals surface area contributed by atoms with Crippen LogP contribution in [0, 0.1) is 11.6 Å². The van der Waals surface area contributed by atoms with E-state index in [1.54, 1.807) is 21.7 Å². The fraction of sp³-hybridized carbons (Fsp3) is 0.300. The molecular weight excluding hydrogens is 699 g/mol. The number of carbonyl (C=O) groups is 1. The van der Waals surface area contributed by atoms with Crippen molar-refractivity contribution >= 4 is 38.2 Å². The summed E-state index contributed by atoms with van der Waals surface area (Å²) in [5.74, 6) is -1.41. The number of amides is 1. The Morgan fingerprint density at radius 3 is 2.77 bits per heavy atom. The topological polar surface area (TPSA) is 108 Å². The molecule has 1 amide bonds. The number of hydrogen-bond donors (Lipinski definition) is 1. The van der Waals surface area contributed by atoms with Crippen molar-refractivity contribution in [2.75, 3.05) is 19.8 Å². The number of carbonyl (C=O) groups excluding carboxylic acids is 1. The molecule has 0 saturated carbocycles. The molecule has 0 saturated heterocycles. The van der Waals surface area contributed by atoms with Crippen LogP contribution in [0.5, 0.6) is 11.5 Å². The third-order valence-electron chi connectivity index (χ3n) is 9.48. The minimum Gasteiger partial charge on any atom is -0.493 e. The number of pyridine rings is 1. The van der Waals surface area contributed by atoms with Gasteiger partial charge in [0, 0.05) is 70.0 Å². The van der Waals surface area contributed by atoms with E-state index in [0.717, 1.165) is 32.7 Å². The van der Waals surface area contributed by atoms with E-state index in [0.29, 0.717) is 53.5 Å². The number of aliphatic hydroxyl groups is 1. The summed E-state index contributed by atoms with van der Waals surface area (Å²) in [4.78, 5) is 19.8. The molecule has 4 aromatic heterocycles. The summed E-state index contributed by atoms with van der Waals surface area (Å²) in [6.45, 7) is 10.8. The molecule has 6 heterocycles. The highest BCUT2D eigenvalue weighted by atomic mass is 32.1. The van der Waals surface area contributed by atoms with Gasteiger partial charge >= 0.3 is 0 Å². The van der Waals surface area contributed by atoms with Crippen molar-refractivity contribution in [3.05, 3.63) is 101 Å². The highest BCUT2D eigenvalue weighted by molar-refractivity contribution is 7.17. The van der Waals surface area contributed by atoms with E-state index in [4.69, 9.17) is 19.6 Å². The van der Waals surface area contributed by atoms with E-state index >= 15 is 4.39 Å². The predicted octanol–water partition coefficient (Wildman–Crippen LogP) is 7.78. The fourth-order valence-electron chi connectivity index (χ4n) is 7.14. The lowest BCUT2D eigenvalue weighted by Gasteiger charge is -2.33. The molecule has 2 aliphatic heterocycles. The number of aliphatic hydroxyl groups excluding tert-OH is 1. The third-order valence-corrected chi connectivity index (χ3v) is 10.4. The van der Waals surface area contributed by atoms with Crippen LogP contribution in [0.1, 0.15) is 50.2 Å². The Labute approximate surface area is 309 Å². The van der Waals surface area contributed by atoms with Gasteiger partial charge in [-0.15, -0.1) is 11.3 Å². The number of thiophene rings is 1. The summed E-state index contributed by atoms with van der Waals surface area (Å²) in [5.41, 5.74) is 4.92.